The molecule has 0 saturated heterocycles. The first-order valence-corrected chi connectivity index (χ1v) is 11.3. The van der Waals surface area contributed by atoms with Crippen LogP contribution in [0.2, 0.25) is 0 Å². The molecule has 0 spiro atoms. The van der Waals surface area contributed by atoms with Crippen LogP contribution >= 0.6 is 23.2 Å². The first kappa shape index (κ1) is 17.7. The standard InChI is InChI=1S/C22H34Cl2/c1-14(13-23)18-6-7-19-17-5-4-15-12-16(24)8-10-21(15,2)20(17)9-11-22(18,19)3/h4,14,16-20H,5-13H2,1-3H3. The van der Waals surface area contributed by atoms with Crippen molar-refractivity contribution in [2.45, 2.75) is 77.5 Å². The van der Waals surface area contributed by atoms with Crippen LogP contribution < -0.4 is 0 Å². The van der Waals surface area contributed by atoms with E-state index in [1.54, 1.807) is 5.57 Å². The molecule has 0 aliphatic heterocycles. The van der Waals surface area contributed by atoms with E-state index in [1.165, 1.54) is 44.9 Å². The molecule has 0 bridgehead atoms. The van der Waals surface area contributed by atoms with Gasteiger partial charge in [0.05, 0.1) is 0 Å². The minimum atomic E-state index is 0.384. The van der Waals surface area contributed by atoms with Gasteiger partial charge in [0.2, 0.25) is 0 Å². The van der Waals surface area contributed by atoms with Crippen molar-refractivity contribution < 1.29 is 0 Å². The first-order chi connectivity index (χ1) is 11.4. The van der Waals surface area contributed by atoms with Gasteiger partial charge < -0.3 is 0 Å². The third-order valence-corrected chi connectivity index (χ3v) is 9.91. The van der Waals surface area contributed by atoms with E-state index in [-0.39, 0.29) is 0 Å². The zero-order chi connectivity index (χ0) is 17.1. The first-order valence-electron chi connectivity index (χ1n) is 10.3. The fourth-order valence-electron chi connectivity index (χ4n) is 7.70. The van der Waals surface area contributed by atoms with Crippen LogP contribution in [-0.4, -0.2) is 11.3 Å². The Kier molecular flexibility index (Phi) is 4.57. The number of hydrogen-bond acceptors (Lipinski definition) is 0. The molecule has 3 saturated carbocycles. The predicted octanol–water partition coefficient (Wildman–Crippen LogP) is 7.05. The monoisotopic (exact) mass is 368 g/mol. The molecule has 0 aromatic heterocycles. The maximum atomic E-state index is 6.50. The van der Waals surface area contributed by atoms with E-state index in [4.69, 9.17) is 23.2 Å². The number of rotatable bonds is 2. The van der Waals surface area contributed by atoms with Crippen molar-refractivity contribution in [1.82, 2.24) is 0 Å². The van der Waals surface area contributed by atoms with Crippen LogP contribution in [0.3, 0.4) is 0 Å². The van der Waals surface area contributed by atoms with E-state index < -0.39 is 0 Å². The second kappa shape index (κ2) is 6.19. The lowest BCUT2D eigenvalue weighted by Gasteiger charge is -2.58. The number of fused-ring (bicyclic) bond motifs is 5. The molecule has 0 aromatic carbocycles. The van der Waals surface area contributed by atoms with Crippen molar-refractivity contribution in [1.29, 1.82) is 0 Å². The Labute approximate surface area is 158 Å². The van der Waals surface area contributed by atoms with E-state index >= 15 is 0 Å². The molecule has 136 valence electrons. The highest BCUT2D eigenvalue weighted by atomic mass is 35.5. The lowest BCUT2D eigenvalue weighted by atomic mass is 9.47. The van der Waals surface area contributed by atoms with Crippen molar-refractivity contribution in [3.8, 4) is 0 Å². The van der Waals surface area contributed by atoms with E-state index in [9.17, 15) is 0 Å². The lowest BCUT2D eigenvalue weighted by Crippen LogP contribution is -2.50. The summed E-state index contributed by atoms with van der Waals surface area (Å²) in [5.41, 5.74) is 2.70. The van der Waals surface area contributed by atoms with Gasteiger partial charge in [0.1, 0.15) is 0 Å². The minimum absolute atomic E-state index is 0.384. The van der Waals surface area contributed by atoms with Crippen LogP contribution in [0.4, 0.5) is 0 Å². The summed E-state index contributed by atoms with van der Waals surface area (Å²) in [6, 6.07) is 0. The maximum absolute atomic E-state index is 6.50. The van der Waals surface area contributed by atoms with Crippen LogP contribution in [0, 0.1) is 40.4 Å². The van der Waals surface area contributed by atoms with Crippen LogP contribution in [0.1, 0.15) is 72.1 Å². The largest absolute Gasteiger partial charge is 0.126 e. The molecule has 2 heteroatoms. The summed E-state index contributed by atoms with van der Waals surface area (Å²) in [5, 5.41) is 0.384. The molecule has 0 aromatic rings. The summed E-state index contributed by atoms with van der Waals surface area (Å²) < 4.78 is 0. The average molecular weight is 369 g/mol. The van der Waals surface area contributed by atoms with Crippen molar-refractivity contribution in [3.63, 3.8) is 0 Å². The Balaban J connectivity index is 1.63. The zero-order valence-electron chi connectivity index (χ0n) is 15.7. The summed E-state index contributed by atoms with van der Waals surface area (Å²) in [6.45, 7) is 7.58. The SMILES string of the molecule is CC(CCl)C1CCC2C3CC=C4CC(Cl)CCC4(C)C3CCC12C. The van der Waals surface area contributed by atoms with Gasteiger partial charge in [-0.1, -0.05) is 32.4 Å². The minimum Gasteiger partial charge on any atom is -0.126 e. The van der Waals surface area contributed by atoms with E-state index in [1.807, 2.05) is 0 Å². The maximum Gasteiger partial charge on any atom is 0.0373 e. The average Bonchev–Trinajstić information content (AvgIpc) is 2.92. The second-order valence-corrected chi connectivity index (χ2v) is 10.9. The molecule has 24 heavy (non-hydrogen) atoms. The Morgan fingerprint density at radius 3 is 2.67 bits per heavy atom. The van der Waals surface area contributed by atoms with Crippen LogP contribution in [0.15, 0.2) is 11.6 Å². The Hall–Kier alpha value is 0.320. The van der Waals surface area contributed by atoms with Crippen molar-refractivity contribution in [3.05, 3.63) is 11.6 Å². The van der Waals surface area contributed by atoms with Crippen molar-refractivity contribution in [2.24, 2.45) is 40.4 Å². The number of halogens is 2. The van der Waals surface area contributed by atoms with Gasteiger partial charge in [0.25, 0.3) is 0 Å². The number of hydrogen-bond donors (Lipinski definition) is 0. The Morgan fingerprint density at radius 1 is 1.12 bits per heavy atom. The quantitative estimate of drug-likeness (QED) is 0.361. The predicted molar refractivity (Wildman–Crippen MR) is 105 cm³/mol. The van der Waals surface area contributed by atoms with Crippen LogP contribution in [0.5, 0.6) is 0 Å². The highest BCUT2D eigenvalue weighted by Gasteiger charge is 2.58. The Morgan fingerprint density at radius 2 is 1.92 bits per heavy atom. The fourth-order valence-corrected chi connectivity index (χ4v) is 8.19. The molecule has 0 heterocycles. The highest BCUT2D eigenvalue weighted by molar-refractivity contribution is 6.20. The third-order valence-electron chi connectivity index (χ3n) is 9.05. The van der Waals surface area contributed by atoms with Crippen LogP contribution in [0.25, 0.3) is 0 Å². The molecule has 8 atom stereocenters. The van der Waals surface area contributed by atoms with E-state index in [0.717, 1.165) is 36.0 Å². The molecule has 0 amide bonds. The van der Waals surface area contributed by atoms with E-state index in [0.29, 0.717) is 22.1 Å². The molecule has 0 N–H and O–H groups in total. The third kappa shape index (κ3) is 2.45. The molecule has 0 nitrogen and oxygen atoms in total. The second-order valence-electron chi connectivity index (χ2n) is 9.96. The lowest BCUT2D eigenvalue weighted by molar-refractivity contribution is -0.0476. The smallest absolute Gasteiger partial charge is 0.0373 e. The number of allylic oxidation sites excluding steroid dienone is 2. The van der Waals surface area contributed by atoms with Crippen molar-refractivity contribution >= 4 is 23.2 Å². The van der Waals surface area contributed by atoms with Crippen LogP contribution in [-0.2, 0) is 0 Å². The van der Waals surface area contributed by atoms with Gasteiger partial charge >= 0.3 is 0 Å². The fraction of sp³-hybridized carbons (Fsp3) is 0.909. The molecule has 0 radical (unpaired) electrons. The van der Waals surface area contributed by atoms with Gasteiger partial charge in [-0.3, -0.25) is 0 Å². The van der Waals surface area contributed by atoms with Gasteiger partial charge in [-0.15, -0.1) is 23.2 Å². The summed E-state index contributed by atoms with van der Waals surface area (Å²) in [7, 11) is 0. The Bertz CT molecular complexity index is 526. The summed E-state index contributed by atoms with van der Waals surface area (Å²) in [4.78, 5) is 0. The molecular weight excluding hydrogens is 335 g/mol. The summed E-state index contributed by atoms with van der Waals surface area (Å²) in [6.07, 6.45) is 13.3. The molecule has 3 fully saturated rings. The normalized spacial score (nSPS) is 52.0. The molecule has 8 unspecified atom stereocenters. The van der Waals surface area contributed by atoms with Crippen molar-refractivity contribution in [2.75, 3.05) is 5.88 Å². The summed E-state index contributed by atoms with van der Waals surface area (Å²) in [5.74, 6) is 5.10. The van der Waals surface area contributed by atoms with E-state index in [2.05, 4.69) is 26.8 Å². The zero-order valence-corrected chi connectivity index (χ0v) is 17.2. The van der Waals surface area contributed by atoms with Gasteiger partial charge in [-0.05, 0) is 91.8 Å². The summed E-state index contributed by atoms with van der Waals surface area (Å²) >= 11 is 12.8. The van der Waals surface area contributed by atoms with Gasteiger partial charge in [-0.2, -0.15) is 0 Å². The van der Waals surface area contributed by atoms with Gasteiger partial charge in [-0.25, -0.2) is 0 Å². The molecule has 4 aliphatic rings. The highest BCUT2D eigenvalue weighted by Crippen LogP contribution is 2.67. The van der Waals surface area contributed by atoms with Gasteiger partial charge in [0.15, 0.2) is 0 Å². The number of alkyl halides is 2. The molecule has 4 aliphatic carbocycles. The van der Waals surface area contributed by atoms with Gasteiger partial charge in [0, 0.05) is 11.3 Å². The molecule has 4 rings (SSSR count). The topological polar surface area (TPSA) is 0 Å². The molecular formula is C22H34Cl2.